The van der Waals surface area contributed by atoms with Gasteiger partial charge in [-0.2, -0.15) is 0 Å². The second kappa shape index (κ2) is 15.2. The first-order chi connectivity index (χ1) is 16.1. The number of ether oxygens (including phenoxy) is 2. The van der Waals surface area contributed by atoms with Gasteiger partial charge in [0.05, 0.1) is 18.8 Å². The van der Waals surface area contributed by atoms with E-state index in [1.807, 2.05) is 6.92 Å². The molecule has 1 aromatic rings. The van der Waals surface area contributed by atoms with Crippen LogP contribution in [0, 0.1) is 5.41 Å². The Balaban J connectivity index is 2.78. The third kappa shape index (κ3) is 11.9. The molecule has 0 bridgehead atoms. The predicted octanol–water partition coefficient (Wildman–Crippen LogP) is 3.04. The van der Waals surface area contributed by atoms with E-state index in [1.54, 1.807) is 69.3 Å². The van der Waals surface area contributed by atoms with Crippen molar-refractivity contribution in [1.29, 1.82) is 5.41 Å². The molecule has 3 atom stereocenters. The number of benzene rings is 1. The summed E-state index contributed by atoms with van der Waals surface area (Å²) in [6.45, 7) is 6.68. The molecule has 11 nitrogen and oxygen atoms in total. The molecule has 12 heteroatoms. The molecule has 190 valence electrons. The molecule has 0 aliphatic rings. The minimum absolute atomic E-state index is 0.0644. The van der Waals surface area contributed by atoms with Crippen LogP contribution in [-0.4, -0.2) is 61.8 Å². The number of hydrogen-bond acceptors (Lipinski definition) is 9. The lowest BCUT2D eigenvalue weighted by molar-refractivity contribution is -0.146. The van der Waals surface area contributed by atoms with Crippen LogP contribution >= 0.6 is 7.75 Å². The number of rotatable bonds is 16. The normalized spacial score (nSPS) is 14.8. The van der Waals surface area contributed by atoms with Gasteiger partial charge < -0.3 is 24.2 Å². The fourth-order valence-electron chi connectivity index (χ4n) is 2.42. The highest BCUT2D eigenvalue weighted by Crippen LogP contribution is 2.44. The minimum Gasteiger partial charge on any atom is -0.462 e. The molecule has 0 heterocycles. The number of hydrogen-bond donors (Lipinski definition) is 3. The lowest BCUT2D eigenvalue weighted by atomic mass is 10.3. The molecule has 34 heavy (non-hydrogen) atoms. The Kier molecular flexibility index (Phi) is 13.1. The molecule has 0 saturated carbocycles. The summed E-state index contributed by atoms with van der Waals surface area (Å²) in [5, 5.41) is 12.3. The maximum atomic E-state index is 13.4. The number of amidine groups is 1. The van der Waals surface area contributed by atoms with E-state index in [1.165, 1.54) is 6.08 Å². The molecule has 3 N–H and O–H groups in total. The monoisotopic (exact) mass is 498 g/mol. The van der Waals surface area contributed by atoms with Crippen molar-refractivity contribution in [2.24, 2.45) is 0 Å². The average molecular weight is 499 g/mol. The van der Waals surface area contributed by atoms with Crippen molar-refractivity contribution >= 4 is 26.0 Å². The van der Waals surface area contributed by atoms with E-state index in [2.05, 4.69) is 10.4 Å². The molecule has 1 aromatic carbocycles. The third-order valence-corrected chi connectivity index (χ3v) is 5.78. The second-order valence-electron chi connectivity index (χ2n) is 7.49. The van der Waals surface area contributed by atoms with Gasteiger partial charge in [-0.3, -0.25) is 19.5 Å². The molecule has 0 saturated heterocycles. The predicted molar refractivity (Wildman–Crippen MR) is 128 cm³/mol. The van der Waals surface area contributed by atoms with Gasteiger partial charge in [0, 0.05) is 13.2 Å². The van der Waals surface area contributed by atoms with Crippen LogP contribution in [0.2, 0.25) is 0 Å². The van der Waals surface area contributed by atoms with Gasteiger partial charge >= 0.3 is 13.7 Å². The smallest absolute Gasteiger partial charge is 0.459 e. The fourth-order valence-corrected chi connectivity index (χ4v) is 3.72. The SMILES string of the molecule is CCC(COP(=O)(NCC(=O)OC(C)C)Oc1ccccc1)OC(C)N(C)/C=C\C(=N)NC=O. The number of nitrogens with one attached hydrogen (secondary N) is 3. The van der Waals surface area contributed by atoms with E-state index in [0.29, 0.717) is 18.6 Å². The summed E-state index contributed by atoms with van der Waals surface area (Å²) >= 11 is 0. The molecular weight excluding hydrogens is 463 g/mol. The highest BCUT2D eigenvalue weighted by molar-refractivity contribution is 7.52. The number of carbonyl (C=O) groups is 2. The standard InChI is InChI=1S/C22H35N4O7P/c1-6-19(32-18(4)26(5)13-12-21(23)24-16-27)15-30-34(29,25-14-22(28)31-17(2)3)33-20-10-8-7-9-11-20/h7-13,16-19H,6,14-15H2,1-5H3,(H,25,29)(H2,23,24,27)/b13-12-. The zero-order valence-electron chi connectivity index (χ0n) is 20.2. The Morgan fingerprint density at radius 3 is 2.50 bits per heavy atom. The van der Waals surface area contributed by atoms with Crippen LogP contribution in [0.25, 0.3) is 0 Å². The molecule has 0 spiro atoms. The van der Waals surface area contributed by atoms with Crippen molar-refractivity contribution in [3.05, 3.63) is 42.6 Å². The Bertz CT molecular complexity index is 851. The molecular formula is C22H35N4O7P. The third-order valence-electron chi connectivity index (χ3n) is 4.29. The van der Waals surface area contributed by atoms with Gasteiger partial charge in [0.2, 0.25) is 6.41 Å². The number of carbonyl (C=O) groups excluding carboxylic acids is 2. The van der Waals surface area contributed by atoms with Crippen LogP contribution < -0.4 is 14.9 Å². The summed E-state index contributed by atoms with van der Waals surface area (Å²) in [5.41, 5.74) is 0. The molecule has 0 radical (unpaired) electrons. The van der Waals surface area contributed by atoms with E-state index >= 15 is 0 Å². The van der Waals surface area contributed by atoms with Crippen molar-refractivity contribution in [2.45, 2.75) is 52.6 Å². The summed E-state index contributed by atoms with van der Waals surface area (Å²) < 4.78 is 35.6. The molecule has 3 unspecified atom stereocenters. The van der Waals surface area contributed by atoms with Crippen molar-refractivity contribution in [3.63, 3.8) is 0 Å². The van der Waals surface area contributed by atoms with Crippen LogP contribution in [0.4, 0.5) is 0 Å². The van der Waals surface area contributed by atoms with Gasteiger partial charge in [0.1, 0.15) is 24.4 Å². The van der Waals surface area contributed by atoms with Crippen LogP contribution in [0.5, 0.6) is 5.75 Å². The number of amides is 1. The lowest BCUT2D eigenvalue weighted by Crippen LogP contribution is -2.34. The summed E-state index contributed by atoms with van der Waals surface area (Å²) in [6, 6.07) is 8.48. The maximum Gasteiger partial charge on any atom is 0.459 e. The fraction of sp³-hybridized carbons (Fsp3) is 0.500. The van der Waals surface area contributed by atoms with E-state index in [-0.39, 0.29) is 25.1 Å². The number of esters is 1. The van der Waals surface area contributed by atoms with Gasteiger partial charge in [-0.1, -0.05) is 25.1 Å². The summed E-state index contributed by atoms with van der Waals surface area (Å²) in [6.07, 6.45) is 2.78. The van der Waals surface area contributed by atoms with Gasteiger partial charge in [-0.15, -0.1) is 0 Å². The minimum atomic E-state index is -3.93. The zero-order valence-corrected chi connectivity index (χ0v) is 21.1. The quantitative estimate of drug-likeness (QED) is 0.0783. The van der Waals surface area contributed by atoms with Crippen LogP contribution in [0.15, 0.2) is 42.6 Å². The first-order valence-electron chi connectivity index (χ1n) is 10.9. The van der Waals surface area contributed by atoms with Crippen LogP contribution in [-0.2, 0) is 28.2 Å². The number of para-hydroxylation sites is 1. The van der Waals surface area contributed by atoms with E-state index < -0.39 is 26.0 Å². The van der Waals surface area contributed by atoms with Gasteiger partial charge in [0.15, 0.2) is 0 Å². The maximum absolute atomic E-state index is 13.4. The Labute approximate surface area is 200 Å². The van der Waals surface area contributed by atoms with Gasteiger partial charge in [-0.25, -0.2) is 9.65 Å². The summed E-state index contributed by atoms with van der Waals surface area (Å²) in [7, 11) is -2.19. The molecule has 1 rings (SSSR count). The summed E-state index contributed by atoms with van der Waals surface area (Å²) in [5.74, 6) is -0.338. The highest BCUT2D eigenvalue weighted by Gasteiger charge is 2.30. The number of nitrogens with zero attached hydrogens (tertiary/aromatic N) is 1. The highest BCUT2D eigenvalue weighted by atomic mass is 31.2. The van der Waals surface area contributed by atoms with Crippen molar-refractivity contribution in [2.75, 3.05) is 20.2 Å². The van der Waals surface area contributed by atoms with E-state index in [4.69, 9.17) is 23.9 Å². The molecule has 0 aromatic heterocycles. The second-order valence-corrected chi connectivity index (χ2v) is 9.25. The lowest BCUT2D eigenvalue weighted by Gasteiger charge is -2.29. The largest absolute Gasteiger partial charge is 0.462 e. The van der Waals surface area contributed by atoms with Crippen LogP contribution in [0.3, 0.4) is 0 Å². The Morgan fingerprint density at radius 2 is 1.91 bits per heavy atom. The topological polar surface area (TPSA) is 139 Å². The van der Waals surface area contributed by atoms with Crippen molar-refractivity contribution in [3.8, 4) is 5.75 Å². The van der Waals surface area contributed by atoms with Crippen molar-refractivity contribution in [1.82, 2.24) is 15.3 Å². The first-order valence-corrected chi connectivity index (χ1v) is 12.4. The van der Waals surface area contributed by atoms with Crippen LogP contribution in [0.1, 0.15) is 34.1 Å². The van der Waals surface area contributed by atoms with Gasteiger partial charge in [-0.05, 0) is 45.4 Å². The average Bonchev–Trinajstić information content (AvgIpc) is 2.79. The molecule has 0 aliphatic heterocycles. The molecule has 0 aliphatic carbocycles. The van der Waals surface area contributed by atoms with E-state index in [9.17, 15) is 14.2 Å². The summed E-state index contributed by atoms with van der Waals surface area (Å²) in [4.78, 5) is 24.0. The Hall–Kier alpha value is -2.72. The molecule has 0 fully saturated rings. The first kappa shape index (κ1) is 29.3. The van der Waals surface area contributed by atoms with Gasteiger partial charge in [0.25, 0.3) is 0 Å². The van der Waals surface area contributed by atoms with Crippen molar-refractivity contribution < 1.29 is 32.7 Å². The Morgan fingerprint density at radius 1 is 1.24 bits per heavy atom. The molecule has 1 amide bonds. The van der Waals surface area contributed by atoms with E-state index in [0.717, 1.165) is 0 Å². The zero-order chi connectivity index (χ0) is 25.6.